The number of nitrogens with two attached hydrogens (primary N) is 1. The van der Waals surface area contributed by atoms with Crippen LogP contribution in [-0.4, -0.2) is 16.0 Å². The van der Waals surface area contributed by atoms with Crippen LogP contribution in [0.4, 0.5) is 0 Å². The minimum atomic E-state index is 0.192. The van der Waals surface area contributed by atoms with E-state index in [1.165, 1.54) is 16.0 Å². The first-order valence-electron chi connectivity index (χ1n) is 6.90. The maximum absolute atomic E-state index is 5.94. The summed E-state index contributed by atoms with van der Waals surface area (Å²) in [6, 6.07) is 6.60. The molecule has 2 rings (SSSR count). The summed E-state index contributed by atoms with van der Waals surface area (Å²) in [6.07, 6.45) is 5.57. The van der Waals surface area contributed by atoms with Gasteiger partial charge in [-0.3, -0.25) is 0 Å². The molecule has 0 amide bonds. The van der Waals surface area contributed by atoms with Gasteiger partial charge in [-0.05, 0) is 67.3 Å². The van der Waals surface area contributed by atoms with Crippen molar-refractivity contribution in [2.24, 2.45) is 5.73 Å². The van der Waals surface area contributed by atoms with Crippen molar-refractivity contribution in [2.75, 3.05) is 0 Å². The van der Waals surface area contributed by atoms with Crippen LogP contribution in [0.25, 0.3) is 0 Å². The van der Waals surface area contributed by atoms with Crippen molar-refractivity contribution in [1.82, 2.24) is 9.97 Å². The van der Waals surface area contributed by atoms with Crippen molar-refractivity contribution in [3.63, 3.8) is 0 Å². The summed E-state index contributed by atoms with van der Waals surface area (Å²) in [5.41, 5.74) is 9.63. The van der Waals surface area contributed by atoms with Crippen molar-refractivity contribution < 1.29 is 0 Å². The minimum absolute atomic E-state index is 0.192. The zero-order valence-corrected chi connectivity index (χ0v) is 13.1. The van der Waals surface area contributed by atoms with Crippen LogP contribution in [0, 0.1) is 13.8 Å². The van der Waals surface area contributed by atoms with Gasteiger partial charge in [0, 0.05) is 23.3 Å². The number of hydrogen-bond donors (Lipinski definition) is 1. The van der Waals surface area contributed by atoms with Gasteiger partial charge in [0.15, 0.2) is 5.16 Å². The summed E-state index contributed by atoms with van der Waals surface area (Å²) in [5.74, 6) is 0. The molecule has 4 heteroatoms. The molecule has 1 heterocycles. The fourth-order valence-electron chi connectivity index (χ4n) is 1.83. The van der Waals surface area contributed by atoms with E-state index in [9.17, 15) is 0 Å². The Morgan fingerprint density at radius 3 is 2.45 bits per heavy atom. The Labute approximate surface area is 125 Å². The van der Waals surface area contributed by atoms with E-state index < -0.39 is 0 Å². The lowest BCUT2D eigenvalue weighted by Gasteiger charge is -2.08. The monoisotopic (exact) mass is 287 g/mol. The molecule has 0 saturated heterocycles. The minimum Gasteiger partial charge on any atom is -0.327 e. The number of benzene rings is 1. The normalized spacial score (nSPS) is 12.4. The largest absolute Gasteiger partial charge is 0.327 e. The molecule has 1 atom stereocenters. The van der Waals surface area contributed by atoms with Gasteiger partial charge >= 0.3 is 0 Å². The van der Waals surface area contributed by atoms with Gasteiger partial charge in [-0.15, -0.1) is 0 Å². The Kier molecular flexibility index (Phi) is 5.15. The third-order valence-electron chi connectivity index (χ3n) is 3.39. The van der Waals surface area contributed by atoms with Gasteiger partial charge < -0.3 is 5.73 Å². The van der Waals surface area contributed by atoms with Crippen molar-refractivity contribution in [2.45, 2.75) is 49.7 Å². The van der Waals surface area contributed by atoms with Gasteiger partial charge in [0.05, 0.1) is 0 Å². The molecule has 0 radical (unpaired) electrons. The van der Waals surface area contributed by atoms with Gasteiger partial charge in [0.25, 0.3) is 0 Å². The smallest absolute Gasteiger partial charge is 0.192 e. The maximum atomic E-state index is 5.94. The highest BCUT2D eigenvalue weighted by Gasteiger charge is 2.05. The molecule has 0 spiro atoms. The molecule has 0 saturated carbocycles. The second kappa shape index (κ2) is 6.86. The highest BCUT2D eigenvalue weighted by Crippen LogP contribution is 2.26. The fourth-order valence-corrected chi connectivity index (χ4v) is 2.62. The number of nitrogens with zero attached hydrogens (tertiary/aromatic N) is 2. The quantitative estimate of drug-likeness (QED) is 0.855. The SMILES string of the molecule is CCC(N)Cc1cnc(Sc2ccc(C)c(C)c2)nc1. The zero-order valence-electron chi connectivity index (χ0n) is 12.3. The zero-order chi connectivity index (χ0) is 14.5. The molecule has 20 heavy (non-hydrogen) atoms. The van der Waals surface area contributed by atoms with E-state index in [0.717, 1.165) is 23.6 Å². The lowest BCUT2D eigenvalue weighted by atomic mass is 10.1. The summed E-state index contributed by atoms with van der Waals surface area (Å²) in [4.78, 5) is 9.99. The molecule has 1 aromatic heterocycles. The molecular weight excluding hydrogens is 266 g/mol. The Morgan fingerprint density at radius 1 is 1.15 bits per heavy atom. The van der Waals surface area contributed by atoms with Crippen LogP contribution in [0.3, 0.4) is 0 Å². The van der Waals surface area contributed by atoms with Crippen LogP contribution < -0.4 is 5.73 Å². The molecule has 1 aromatic carbocycles. The van der Waals surface area contributed by atoms with E-state index in [-0.39, 0.29) is 6.04 Å². The lowest BCUT2D eigenvalue weighted by Crippen LogP contribution is -2.21. The van der Waals surface area contributed by atoms with E-state index in [1.54, 1.807) is 11.8 Å². The fraction of sp³-hybridized carbons (Fsp3) is 0.375. The molecule has 0 bridgehead atoms. The van der Waals surface area contributed by atoms with Gasteiger partial charge in [0.1, 0.15) is 0 Å². The first-order valence-corrected chi connectivity index (χ1v) is 7.71. The first kappa shape index (κ1) is 15.0. The summed E-state index contributed by atoms with van der Waals surface area (Å²) in [7, 11) is 0. The highest BCUT2D eigenvalue weighted by atomic mass is 32.2. The summed E-state index contributed by atoms with van der Waals surface area (Å²) < 4.78 is 0. The van der Waals surface area contributed by atoms with Gasteiger partial charge in [0.2, 0.25) is 0 Å². The summed E-state index contributed by atoms with van der Waals surface area (Å²) in [6.45, 7) is 6.33. The van der Waals surface area contributed by atoms with Crippen LogP contribution in [0.2, 0.25) is 0 Å². The Morgan fingerprint density at radius 2 is 1.85 bits per heavy atom. The van der Waals surface area contributed by atoms with Crippen molar-refractivity contribution in [3.05, 3.63) is 47.3 Å². The molecule has 0 aliphatic rings. The molecule has 0 fully saturated rings. The Balaban J connectivity index is 2.04. The van der Waals surface area contributed by atoms with E-state index in [4.69, 9.17) is 5.73 Å². The highest BCUT2D eigenvalue weighted by molar-refractivity contribution is 7.99. The molecule has 0 aliphatic carbocycles. The third-order valence-corrected chi connectivity index (χ3v) is 4.27. The van der Waals surface area contributed by atoms with E-state index in [0.29, 0.717) is 0 Å². The van der Waals surface area contributed by atoms with Gasteiger partial charge in [-0.25, -0.2) is 9.97 Å². The second-order valence-electron chi connectivity index (χ2n) is 5.09. The summed E-state index contributed by atoms with van der Waals surface area (Å²) in [5, 5.41) is 0.780. The van der Waals surface area contributed by atoms with Crippen LogP contribution in [0.5, 0.6) is 0 Å². The average molecular weight is 287 g/mol. The first-order chi connectivity index (χ1) is 9.58. The Bertz CT molecular complexity index is 566. The number of aromatic nitrogens is 2. The van der Waals surface area contributed by atoms with Crippen LogP contribution in [0.15, 0.2) is 40.6 Å². The molecule has 1 unspecified atom stereocenters. The maximum Gasteiger partial charge on any atom is 0.192 e. The predicted molar refractivity (Wildman–Crippen MR) is 84.0 cm³/mol. The molecule has 3 nitrogen and oxygen atoms in total. The number of hydrogen-bond acceptors (Lipinski definition) is 4. The van der Waals surface area contributed by atoms with Gasteiger partial charge in [-0.1, -0.05) is 13.0 Å². The second-order valence-corrected chi connectivity index (χ2v) is 6.14. The number of aryl methyl sites for hydroxylation is 2. The molecule has 2 aromatic rings. The van der Waals surface area contributed by atoms with Crippen molar-refractivity contribution >= 4 is 11.8 Å². The van der Waals surface area contributed by atoms with Crippen molar-refractivity contribution in [3.8, 4) is 0 Å². The molecular formula is C16H21N3S. The topological polar surface area (TPSA) is 51.8 Å². The Hall–Kier alpha value is -1.39. The van der Waals surface area contributed by atoms with Crippen LogP contribution in [0.1, 0.15) is 30.0 Å². The summed E-state index contributed by atoms with van der Waals surface area (Å²) >= 11 is 1.59. The van der Waals surface area contributed by atoms with E-state index in [2.05, 4.69) is 48.9 Å². The third kappa shape index (κ3) is 4.05. The van der Waals surface area contributed by atoms with E-state index >= 15 is 0 Å². The van der Waals surface area contributed by atoms with Crippen LogP contribution >= 0.6 is 11.8 Å². The predicted octanol–water partition coefficient (Wildman–Crippen LogP) is 3.52. The van der Waals surface area contributed by atoms with E-state index in [1.807, 2.05) is 12.4 Å². The van der Waals surface area contributed by atoms with Crippen LogP contribution in [-0.2, 0) is 6.42 Å². The lowest BCUT2D eigenvalue weighted by molar-refractivity contribution is 0.641. The number of rotatable bonds is 5. The van der Waals surface area contributed by atoms with Gasteiger partial charge in [-0.2, -0.15) is 0 Å². The molecule has 106 valence electrons. The average Bonchev–Trinajstić information content (AvgIpc) is 2.45. The molecule has 2 N–H and O–H groups in total. The standard InChI is InChI=1S/C16H21N3S/c1-4-14(17)8-13-9-18-16(19-10-13)20-15-6-5-11(2)12(3)7-15/h5-7,9-10,14H,4,8,17H2,1-3H3. The van der Waals surface area contributed by atoms with Crippen molar-refractivity contribution in [1.29, 1.82) is 0 Å². The molecule has 0 aliphatic heterocycles.